The minimum absolute atomic E-state index is 0.194. The molecule has 17 heavy (non-hydrogen) atoms. The standard InChI is InChI=1S/C13H15FN2S/c1-13(15-2,12-16-6-7-17-12)9-10-4-3-5-11(14)8-10/h3-8,15H,9H2,1-2H3. The number of hydrogen-bond donors (Lipinski definition) is 1. The van der Waals surface area contributed by atoms with E-state index in [1.54, 1.807) is 29.7 Å². The second kappa shape index (κ2) is 4.94. The molecule has 2 aromatic rings. The van der Waals surface area contributed by atoms with Crippen LogP contribution in [0.3, 0.4) is 0 Å². The summed E-state index contributed by atoms with van der Waals surface area (Å²) in [5.74, 6) is -0.194. The van der Waals surface area contributed by atoms with Gasteiger partial charge >= 0.3 is 0 Å². The van der Waals surface area contributed by atoms with Crippen LogP contribution in [0.1, 0.15) is 17.5 Å². The van der Waals surface area contributed by atoms with E-state index in [9.17, 15) is 4.39 Å². The van der Waals surface area contributed by atoms with E-state index in [1.165, 1.54) is 6.07 Å². The van der Waals surface area contributed by atoms with Gasteiger partial charge in [-0.15, -0.1) is 11.3 Å². The van der Waals surface area contributed by atoms with Gasteiger partial charge in [0.15, 0.2) is 0 Å². The highest BCUT2D eigenvalue weighted by Crippen LogP contribution is 2.26. The van der Waals surface area contributed by atoms with Gasteiger partial charge in [0.05, 0.1) is 5.54 Å². The molecule has 2 rings (SSSR count). The van der Waals surface area contributed by atoms with Gasteiger partial charge in [0.25, 0.3) is 0 Å². The molecule has 0 saturated carbocycles. The fourth-order valence-corrected chi connectivity index (χ4v) is 2.63. The maximum Gasteiger partial charge on any atom is 0.123 e. The summed E-state index contributed by atoms with van der Waals surface area (Å²) in [6.45, 7) is 2.08. The van der Waals surface area contributed by atoms with Crippen molar-refractivity contribution in [3.63, 3.8) is 0 Å². The molecule has 4 heteroatoms. The van der Waals surface area contributed by atoms with Crippen molar-refractivity contribution >= 4 is 11.3 Å². The van der Waals surface area contributed by atoms with Gasteiger partial charge in [-0.2, -0.15) is 0 Å². The number of halogens is 1. The van der Waals surface area contributed by atoms with Crippen molar-refractivity contribution in [1.29, 1.82) is 0 Å². The summed E-state index contributed by atoms with van der Waals surface area (Å²) in [5, 5.41) is 6.25. The van der Waals surface area contributed by atoms with Crippen LogP contribution >= 0.6 is 11.3 Å². The molecule has 0 bridgehead atoms. The predicted molar refractivity (Wildman–Crippen MR) is 68.6 cm³/mol. The Morgan fingerprint density at radius 2 is 2.29 bits per heavy atom. The number of likely N-dealkylation sites (N-methyl/N-ethyl adjacent to an activating group) is 1. The average Bonchev–Trinajstić information content (AvgIpc) is 2.83. The van der Waals surface area contributed by atoms with E-state index in [2.05, 4.69) is 17.2 Å². The molecule has 1 heterocycles. The lowest BCUT2D eigenvalue weighted by Gasteiger charge is -2.27. The smallest absolute Gasteiger partial charge is 0.123 e. The second-order valence-electron chi connectivity index (χ2n) is 4.23. The number of rotatable bonds is 4. The summed E-state index contributed by atoms with van der Waals surface area (Å²) in [4.78, 5) is 4.34. The Morgan fingerprint density at radius 1 is 1.47 bits per heavy atom. The van der Waals surface area contributed by atoms with Gasteiger partial charge in [0.1, 0.15) is 10.8 Å². The van der Waals surface area contributed by atoms with E-state index in [1.807, 2.05) is 18.5 Å². The zero-order valence-corrected chi connectivity index (χ0v) is 10.7. The van der Waals surface area contributed by atoms with Gasteiger partial charge < -0.3 is 5.32 Å². The number of aromatic nitrogens is 1. The van der Waals surface area contributed by atoms with Crippen LogP contribution in [-0.4, -0.2) is 12.0 Å². The summed E-state index contributed by atoms with van der Waals surface area (Å²) in [6.07, 6.45) is 2.51. The molecule has 0 spiro atoms. The zero-order chi connectivity index (χ0) is 12.3. The minimum atomic E-state index is -0.248. The van der Waals surface area contributed by atoms with Crippen LogP contribution in [0.15, 0.2) is 35.8 Å². The van der Waals surface area contributed by atoms with E-state index >= 15 is 0 Å². The first-order valence-electron chi connectivity index (χ1n) is 5.47. The quantitative estimate of drug-likeness (QED) is 0.902. The Hall–Kier alpha value is -1.26. The molecule has 0 amide bonds. The van der Waals surface area contributed by atoms with Gasteiger partial charge in [0, 0.05) is 11.6 Å². The maximum atomic E-state index is 13.2. The third kappa shape index (κ3) is 2.70. The molecule has 0 saturated heterocycles. The highest BCUT2D eigenvalue weighted by molar-refractivity contribution is 7.09. The molecule has 0 aliphatic heterocycles. The molecule has 90 valence electrons. The fraction of sp³-hybridized carbons (Fsp3) is 0.308. The van der Waals surface area contributed by atoms with Crippen LogP contribution < -0.4 is 5.32 Å². The first-order valence-corrected chi connectivity index (χ1v) is 6.35. The lowest BCUT2D eigenvalue weighted by molar-refractivity contribution is 0.394. The Labute approximate surface area is 105 Å². The van der Waals surface area contributed by atoms with Gasteiger partial charge in [-0.3, -0.25) is 0 Å². The average molecular weight is 250 g/mol. The number of nitrogens with one attached hydrogen (secondary N) is 1. The van der Waals surface area contributed by atoms with E-state index in [0.29, 0.717) is 0 Å². The third-order valence-corrected chi connectivity index (χ3v) is 3.94. The van der Waals surface area contributed by atoms with Crippen LogP contribution in [0, 0.1) is 5.82 Å². The first-order chi connectivity index (χ1) is 8.14. The third-order valence-electron chi connectivity index (χ3n) is 2.90. The highest BCUT2D eigenvalue weighted by Gasteiger charge is 2.27. The molecular weight excluding hydrogens is 235 g/mol. The summed E-state index contributed by atoms with van der Waals surface area (Å²) >= 11 is 1.61. The summed E-state index contributed by atoms with van der Waals surface area (Å²) in [6, 6.07) is 6.71. The molecule has 1 aromatic carbocycles. The monoisotopic (exact) mass is 250 g/mol. The molecule has 2 nitrogen and oxygen atoms in total. The minimum Gasteiger partial charge on any atom is -0.308 e. The molecule has 0 radical (unpaired) electrons. The summed E-state index contributed by atoms with van der Waals surface area (Å²) in [7, 11) is 1.90. The van der Waals surface area contributed by atoms with E-state index in [4.69, 9.17) is 0 Å². The van der Waals surface area contributed by atoms with E-state index in [0.717, 1.165) is 17.0 Å². The lowest BCUT2D eigenvalue weighted by Crippen LogP contribution is -2.38. The predicted octanol–water partition coefficient (Wildman–Crippen LogP) is 2.96. The Morgan fingerprint density at radius 3 is 2.88 bits per heavy atom. The maximum absolute atomic E-state index is 13.2. The van der Waals surface area contributed by atoms with E-state index in [-0.39, 0.29) is 11.4 Å². The first kappa shape index (κ1) is 12.2. The van der Waals surface area contributed by atoms with Gasteiger partial charge in [0.2, 0.25) is 0 Å². The largest absolute Gasteiger partial charge is 0.308 e. The van der Waals surface area contributed by atoms with Crippen LogP contribution in [0.2, 0.25) is 0 Å². The van der Waals surface area contributed by atoms with Crippen molar-refractivity contribution in [2.45, 2.75) is 18.9 Å². The van der Waals surface area contributed by atoms with Crippen molar-refractivity contribution in [1.82, 2.24) is 10.3 Å². The summed E-state index contributed by atoms with van der Waals surface area (Å²) < 4.78 is 13.2. The van der Waals surface area contributed by atoms with Gasteiger partial charge in [-0.25, -0.2) is 9.37 Å². The van der Waals surface area contributed by atoms with Crippen molar-refractivity contribution in [2.75, 3.05) is 7.05 Å². The molecular formula is C13H15FN2S. The molecule has 0 fully saturated rings. The Bertz CT molecular complexity index is 484. The van der Waals surface area contributed by atoms with Crippen LogP contribution in [0.4, 0.5) is 4.39 Å². The van der Waals surface area contributed by atoms with Crippen LogP contribution in [0.25, 0.3) is 0 Å². The van der Waals surface area contributed by atoms with E-state index < -0.39 is 0 Å². The number of nitrogens with zero attached hydrogens (tertiary/aromatic N) is 1. The molecule has 0 aliphatic carbocycles. The van der Waals surface area contributed by atoms with Crippen LogP contribution in [0.5, 0.6) is 0 Å². The number of benzene rings is 1. The number of thiazole rings is 1. The molecule has 0 aliphatic rings. The molecule has 1 aromatic heterocycles. The molecule has 1 unspecified atom stereocenters. The summed E-state index contributed by atoms with van der Waals surface area (Å²) in [5.41, 5.74) is 0.721. The van der Waals surface area contributed by atoms with Crippen molar-refractivity contribution in [3.8, 4) is 0 Å². The zero-order valence-electron chi connectivity index (χ0n) is 9.90. The second-order valence-corrected chi connectivity index (χ2v) is 5.12. The highest BCUT2D eigenvalue weighted by atomic mass is 32.1. The SMILES string of the molecule is CNC(C)(Cc1cccc(F)c1)c1nccs1. The Kier molecular flexibility index (Phi) is 3.54. The van der Waals surface area contributed by atoms with Crippen molar-refractivity contribution in [3.05, 3.63) is 52.2 Å². The number of hydrogen-bond acceptors (Lipinski definition) is 3. The normalized spacial score (nSPS) is 14.5. The Balaban J connectivity index is 2.26. The topological polar surface area (TPSA) is 24.9 Å². The lowest BCUT2D eigenvalue weighted by atomic mass is 9.93. The van der Waals surface area contributed by atoms with Gasteiger partial charge in [-0.05, 0) is 38.1 Å². The fourth-order valence-electron chi connectivity index (χ4n) is 1.82. The molecule has 1 atom stereocenters. The molecule has 1 N–H and O–H groups in total. The van der Waals surface area contributed by atoms with Gasteiger partial charge in [-0.1, -0.05) is 12.1 Å². The van der Waals surface area contributed by atoms with Crippen molar-refractivity contribution in [2.24, 2.45) is 0 Å². The van der Waals surface area contributed by atoms with Crippen LogP contribution in [-0.2, 0) is 12.0 Å². The van der Waals surface area contributed by atoms with Crippen molar-refractivity contribution < 1.29 is 4.39 Å².